The minimum absolute atomic E-state index is 0.194. The van der Waals surface area contributed by atoms with Gasteiger partial charge in [-0.05, 0) is 18.6 Å². The molecule has 0 saturated carbocycles. The molecule has 4 nitrogen and oxygen atoms in total. The van der Waals surface area contributed by atoms with Crippen LogP contribution in [0.25, 0.3) is 11.0 Å². The quantitative estimate of drug-likeness (QED) is 0.809. The highest BCUT2D eigenvalue weighted by atomic mass is 32.2. The predicted octanol–water partition coefficient (Wildman–Crippen LogP) is 3.06. The summed E-state index contributed by atoms with van der Waals surface area (Å²) in [5.41, 5.74) is 2.03. The number of thiocarbonyl (C=S) groups is 1. The smallest absolute Gasteiger partial charge is 0.138 e. The van der Waals surface area contributed by atoms with Crippen LogP contribution in [0.4, 0.5) is 0 Å². The van der Waals surface area contributed by atoms with E-state index >= 15 is 0 Å². The Morgan fingerprint density at radius 1 is 1.42 bits per heavy atom. The van der Waals surface area contributed by atoms with Gasteiger partial charge < -0.3 is 4.90 Å². The standard InChI is InChI=1S/C13H16N4S2/c1-2-5-12(16-8-9-19-13(16)18)17-11-7-4-3-6-10(11)14-15-17/h3-4,6-7,12H,2,5,8-9H2,1H3. The number of thioether (sulfide) groups is 1. The van der Waals surface area contributed by atoms with Gasteiger partial charge in [-0.1, -0.05) is 54.7 Å². The van der Waals surface area contributed by atoms with Crippen LogP contribution in [-0.2, 0) is 0 Å². The lowest BCUT2D eigenvalue weighted by molar-refractivity contribution is 0.224. The van der Waals surface area contributed by atoms with Gasteiger partial charge in [0.2, 0.25) is 0 Å². The van der Waals surface area contributed by atoms with Crippen molar-refractivity contribution < 1.29 is 0 Å². The molecule has 19 heavy (non-hydrogen) atoms. The van der Waals surface area contributed by atoms with Crippen LogP contribution in [0.3, 0.4) is 0 Å². The summed E-state index contributed by atoms with van der Waals surface area (Å²) in [6, 6.07) is 8.10. The molecule has 1 unspecified atom stereocenters. The number of hydrogen-bond donors (Lipinski definition) is 0. The van der Waals surface area contributed by atoms with Crippen LogP contribution in [0.5, 0.6) is 0 Å². The molecule has 2 heterocycles. The molecular weight excluding hydrogens is 276 g/mol. The lowest BCUT2D eigenvalue weighted by Crippen LogP contribution is -2.33. The van der Waals surface area contributed by atoms with E-state index in [-0.39, 0.29) is 6.17 Å². The molecule has 0 amide bonds. The van der Waals surface area contributed by atoms with E-state index in [4.69, 9.17) is 12.2 Å². The Morgan fingerprint density at radius 3 is 3.00 bits per heavy atom. The van der Waals surface area contributed by atoms with Crippen molar-refractivity contribution in [3.8, 4) is 0 Å². The van der Waals surface area contributed by atoms with Crippen molar-refractivity contribution in [3.63, 3.8) is 0 Å². The Hall–Kier alpha value is -1.14. The zero-order valence-electron chi connectivity index (χ0n) is 10.8. The van der Waals surface area contributed by atoms with Crippen molar-refractivity contribution in [3.05, 3.63) is 24.3 Å². The summed E-state index contributed by atoms with van der Waals surface area (Å²) in [6.45, 7) is 3.20. The van der Waals surface area contributed by atoms with Crippen LogP contribution in [0.2, 0.25) is 0 Å². The Morgan fingerprint density at radius 2 is 2.26 bits per heavy atom. The summed E-state index contributed by atoms with van der Waals surface area (Å²) in [6.07, 6.45) is 2.33. The van der Waals surface area contributed by atoms with Gasteiger partial charge in [-0.15, -0.1) is 5.10 Å². The Bertz CT molecular complexity index is 595. The molecule has 1 aromatic carbocycles. The number of rotatable bonds is 4. The first-order valence-corrected chi connectivity index (χ1v) is 7.94. The molecule has 2 aromatic rings. The summed E-state index contributed by atoms with van der Waals surface area (Å²) in [4.78, 5) is 2.28. The number of para-hydroxylation sites is 1. The van der Waals surface area contributed by atoms with E-state index in [0.29, 0.717) is 0 Å². The monoisotopic (exact) mass is 292 g/mol. The highest BCUT2D eigenvalue weighted by Crippen LogP contribution is 2.30. The summed E-state index contributed by atoms with van der Waals surface area (Å²) >= 11 is 7.21. The van der Waals surface area contributed by atoms with Crippen molar-refractivity contribution in [2.24, 2.45) is 0 Å². The van der Waals surface area contributed by atoms with Crippen molar-refractivity contribution in [1.29, 1.82) is 0 Å². The van der Waals surface area contributed by atoms with Gasteiger partial charge in [-0.2, -0.15) is 0 Å². The number of aromatic nitrogens is 3. The van der Waals surface area contributed by atoms with Crippen molar-refractivity contribution in [2.75, 3.05) is 12.3 Å². The fourth-order valence-corrected chi connectivity index (χ4v) is 3.76. The van der Waals surface area contributed by atoms with Gasteiger partial charge in [0, 0.05) is 12.3 Å². The molecule has 0 spiro atoms. The summed E-state index contributed by atoms with van der Waals surface area (Å²) < 4.78 is 3.01. The topological polar surface area (TPSA) is 34.0 Å². The Balaban J connectivity index is 2.01. The second-order valence-corrected chi connectivity index (χ2v) is 6.33. The molecule has 1 aliphatic heterocycles. The molecular formula is C13H16N4S2. The van der Waals surface area contributed by atoms with Gasteiger partial charge in [0.25, 0.3) is 0 Å². The number of hydrogen-bond acceptors (Lipinski definition) is 4. The second kappa shape index (κ2) is 5.46. The lowest BCUT2D eigenvalue weighted by Gasteiger charge is -2.28. The van der Waals surface area contributed by atoms with Gasteiger partial charge in [-0.25, -0.2) is 4.68 Å². The molecule has 0 radical (unpaired) electrons. The molecule has 1 aliphatic rings. The highest BCUT2D eigenvalue weighted by molar-refractivity contribution is 8.23. The summed E-state index contributed by atoms with van der Waals surface area (Å²) in [5, 5.41) is 8.60. The van der Waals surface area contributed by atoms with Crippen LogP contribution in [0.1, 0.15) is 25.9 Å². The van der Waals surface area contributed by atoms with Gasteiger partial charge in [-0.3, -0.25) is 0 Å². The average Bonchev–Trinajstić information content (AvgIpc) is 3.03. The Labute approximate surface area is 122 Å². The first kappa shape index (κ1) is 12.9. The van der Waals surface area contributed by atoms with Gasteiger partial charge in [0.1, 0.15) is 16.0 Å². The molecule has 1 saturated heterocycles. The van der Waals surface area contributed by atoms with Gasteiger partial charge >= 0.3 is 0 Å². The maximum absolute atomic E-state index is 5.45. The third-order valence-corrected chi connectivity index (χ3v) is 4.81. The second-order valence-electron chi connectivity index (χ2n) is 4.60. The molecule has 100 valence electrons. The fraction of sp³-hybridized carbons (Fsp3) is 0.462. The minimum atomic E-state index is 0.194. The largest absolute Gasteiger partial charge is 0.334 e. The van der Waals surface area contributed by atoms with Crippen LogP contribution in [0, 0.1) is 0 Å². The molecule has 6 heteroatoms. The number of fused-ring (bicyclic) bond motifs is 1. The third-order valence-electron chi connectivity index (χ3n) is 3.36. The molecule has 1 atom stereocenters. The van der Waals surface area contributed by atoms with Crippen LogP contribution < -0.4 is 0 Å². The minimum Gasteiger partial charge on any atom is -0.334 e. The van der Waals surface area contributed by atoms with Crippen molar-refractivity contribution in [2.45, 2.75) is 25.9 Å². The first-order chi connectivity index (χ1) is 9.31. The lowest BCUT2D eigenvalue weighted by atomic mass is 10.2. The van der Waals surface area contributed by atoms with E-state index in [1.807, 2.05) is 22.9 Å². The molecule has 0 bridgehead atoms. The van der Waals surface area contributed by atoms with Crippen LogP contribution >= 0.6 is 24.0 Å². The van der Waals surface area contributed by atoms with E-state index in [1.165, 1.54) is 0 Å². The van der Waals surface area contributed by atoms with Crippen LogP contribution in [0.15, 0.2) is 24.3 Å². The van der Waals surface area contributed by atoms with E-state index < -0.39 is 0 Å². The maximum atomic E-state index is 5.45. The molecule has 1 aromatic heterocycles. The zero-order chi connectivity index (χ0) is 13.2. The van der Waals surface area contributed by atoms with Crippen molar-refractivity contribution in [1.82, 2.24) is 19.9 Å². The average molecular weight is 292 g/mol. The molecule has 0 N–H and O–H groups in total. The molecule has 3 rings (SSSR count). The van der Waals surface area contributed by atoms with Gasteiger partial charge in [0.15, 0.2) is 0 Å². The van der Waals surface area contributed by atoms with Crippen LogP contribution in [-0.4, -0.2) is 36.5 Å². The van der Waals surface area contributed by atoms with E-state index in [1.54, 1.807) is 11.8 Å². The summed E-state index contributed by atoms with van der Waals surface area (Å²) in [7, 11) is 0. The maximum Gasteiger partial charge on any atom is 0.138 e. The molecule has 1 fully saturated rings. The zero-order valence-corrected chi connectivity index (χ0v) is 12.5. The van der Waals surface area contributed by atoms with E-state index in [9.17, 15) is 0 Å². The Kier molecular flexibility index (Phi) is 3.70. The molecule has 0 aliphatic carbocycles. The number of benzene rings is 1. The first-order valence-electron chi connectivity index (χ1n) is 6.54. The highest BCUT2D eigenvalue weighted by Gasteiger charge is 2.28. The summed E-state index contributed by atoms with van der Waals surface area (Å²) in [5.74, 6) is 1.08. The van der Waals surface area contributed by atoms with Gasteiger partial charge in [0.05, 0.1) is 5.52 Å². The third kappa shape index (κ3) is 2.34. The van der Waals surface area contributed by atoms with E-state index in [0.717, 1.165) is 40.5 Å². The number of nitrogens with zero attached hydrogens (tertiary/aromatic N) is 4. The predicted molar refractivity (Wildman–Crippen MR) is 83.2 cm³/mol. The SMILES string of the molecule is CCCC(N1CCSC1=S)n1nnc2ccccc21. The van der Waals surface area contributed by atoms with E-state index in [2.05, 4.69) is 28.2 Å². The fourth-order valence-electron chi connectivity index (χ4n) is 2.45. The normalized spacial score (nSPS) is 17.3. The van der Waals surface area contributed by atoms with Crippen molar-refractivity contribution >= 4 is 39.3 Å².